The fourth-order valence-corrected chi connectivity index (χ4v) is 1.79. The van der Waals surface area contributed by atoms with Crippen molar-refractivity contribution in [2.75, 3.05) is 32.5 Å². The third-order valence-corrected chi connectivity index (χ3v) is 3.44. The van der Waals surface area contributed by atoms with Crippen molar-refractivity contribution < 1.29 is 9.59 Å². The van der Waals surface area contributed by atoms with Crippen molar-refractivity contribution in [2.24, 2.45) is 0 Å². The standard InChI is InChI=1S/C13H18BrN3O2/c1-9-6-10(4-5-11(9)14)16-13(19)8-17(3)7-12(18)15-2/h4-6H,7-8H2,1-3H3,(H,15,18)(H,16,19). The van der Waals surface area contributed by atoms with Gasteiger partial charge in [0.25, 0.3) is 0 Å². The molecule has 0 saturated carbocycles. The molecule has 1 aromatic carbocycles. The number of hydrogen-bond acceptors (Lipinski definition) is 3. The van der Waals surface area contributed by atoms with Crippen molar-refractivity contribution >= 4 is 33.4 Å². The van der Waals surface area contributed by atoms with E-state index in [0.717, 1.165) is 15.7 Å². The second-order valence-corrected chi connectivity index (χ2v) is 5.21. The number of hydrogen-bond donors (Lipinski definition) is 2. The van der Waals surface area contributed by atoms with Crippen LogP contribution in [0.5, 0.6) is 0 Å². The molecule has 0 saturated heterocycles. The van der Waals surface area contributed by atoms with Gasteiger partial charge in [-0.3, -0.25) is 14.5 Å². The molecule has 0 fully saturated rings. The maximum absolute atomic E-state index is 11.8. The summed E-state index contributed by atoms with van der Waals surface area (Å²) in [6, 6.07) is 5.60. The van der Waals surface area contributed by atoms with Crippen LogP contribution in [0.15, 0.2) is 22.7 Å². The predicted octanol–water partition coefficient (Wildman–Crippen LogP) is 1.37. The van der Waals surface area contributed by atoms with Gasteiger partial charge in [-0.25, -0.2) is 0 Å². The maximum Gasteiger partial charge on any atom is 0.238 e. The van der Waals surface area contributed by atoms with Crippen molar-refractivity contribution in [2.45, 2.75) is 6.92 Å². The highest BCUT2D eigenvalue weighted by Crippen LogP contribution is 2.19. The first-order valence-corrected chi connectivity index (χ1v) is 6.67. The molecule has 1 aromatic rings. The number of amides is 2. The summed E-state index contributed by atoms with van der Waals surface area (Å²) in [6.45, 7) is 2.32. The van der Waals surface area contributed by atoms with Gasteiger partial charge in [-0.15, -0.1) is 0 Å². The van der Waals surface area contributed by atoms with Crippen LogP contribution < -0.4 is 10.6 Å². The van der Waals surface area contributed by atoms with E-state index in [1.165, 1.54) is 0 Å². The topological polar surface area (TPSA) is 61.4 Å². The van der Waals surface area contributed by atoms with Crippen LogP contribution in [0.3, 0.4) is 0 Å². The second-order valence-electron chi connectivity index (χ2n) is 4.36. The van der Waals surface area contributed by atoms with Crippen LogP contribution in [-0.2, 0) is 9.59 Å². The zero-order valence-electron chi connectivity index (χ0n) is 11.3. The van der Waals surface area contributed by atoms with E-state index < -0.39 is 0 Å². The Bertz CT molecular complexity index is 477. The summed E-state index contributed by atoms with van der Waals surface area (Å²) in [7, 11) is 3.29. The number of halogens is 1. The maximum atomic E-state index is 11.8. The van der Waals surface area contributed by atoms with Crippen LogP contribution in [0.2, 0.25) is 0 Å². The minimum atomic E-state index is -0.145. The number of rotatable bonds is 5. The molecule has 6 heteroatoms. The fraction of sp³-hybridized carbons (Fsp3) is 0.385. The Morgan fingerprint density at radius 2 is 1.89 bits per heavy atom. The Morgan fingerprint density at radius 1 is 1.26 bits per heavy atom. The highest BCUT2D eigenvalue weighted by Gasteiger charge is 2.10. The van der Waals surface area contributed by atoms with Gasteiger partial charge in [0.2, 0.25) is 11.8 Å². The number of anilines is 1. The van der Waals surface area contributed by atoms with E-state index in [4.69, 9.17) is 0 Å². The quantitative estimate of drug-likeness (QED) is 0.858. The van der Waals surface area contributed by atoms with Crippen molar-refractivity contribution in [3.8, 4) is 0 Å². The molecule has 0 atom stereocenters. The molecule has 0 aliphatic rings. The normalized spacial score (nSPS) is 10.4. The monoisotopic (exact) mass is 327 g/mol. The average Bonchev–Trinajstić information content (AvgIpc) is 2.33. The van der Waals surface area contributed by atoms with Gasteiger partial charge in [0.05, 0.1) is 13.1 Å². The van der Waals surface area contributed by atoms with Gasteiger partial charge in [-0.1, -0.05) is 15.9 Å². The molecule has 0 radical (unpaired) electrons. The van der Waals surface area contributed by atoms with E-state index in [0.29, 0.717) is 0 Å². The zero-order valence-corrected chi connectivity index (χ0v) is 12.9. The Kier molecular flexibility index (Phi) is 5.98. The van der Waals surface area contributed by atoms with Gasteiger partial charge in [-0.2, -0.15) is 0 Å². The summed E-state index contributed by atoms with van der Waals surface area (Å²) in [6.07, 6.45) is 0. The molecule has 2 N–H and O–H groups in total. The smallest absolute Gasteiger partial charge is 0.238 e. The molecule has 19 heavy (non-hydrogen) atoms. The molecule has 5 nitrogen and oxygen atoms in total. The molecule has 0 aliphatic carbocycles. The van der Waals surface area contributed by atoms with Crippen molar-refractivity contribution in [1.82, 2.24) is 10.2 Å². The molecule has 0 bridgehead atoms. The van der Waals surface area contributed by atoms with Crippen LogP contribution in [-0.4, -0.2) is 43.9 Å². The third kappa shape index (κ3) is 5.40. The molecule has 104 valence electrons. The first kappa shape index (κ1) is 15.7. The molecule has 0 heterocycles. The molecular formula is C13H18BrN3O2. The third-order valence-electron chi connectivity index (χ3n) is 2.55. The Balaban J connectivity index is 2.50. The number of carbonyl (C=O) groups excluding carboxylic acids is 2. The summed E-state index contributed by atoms with van der Waals surface area (Å²) in [5.41, 5.74) is 1.80. The summed E-state index contributed by atoms with van der Waals surface area (Å²) in [5.74, 6) is -0.261. The molecule has 0 aliphatic heterocycles. The van der Waals surface area contributed by atoms with Crippen molar-refractivity contribution in [3.63, 3.8) is 0 Å². The molecule has 0 aromatic heterocycles. The van der Waals surface area contributed by atoms with E-state index in [9.17, 15) is 9.59 Å². The lowest BCUT2D eigenvalue weighted by molar-refractivity contribution is -0.122. The number of benzene rings is 1. The van der Waals surface area contributed by atoms with Gasteiger partial charge in [-0.05, 0) is 37.7 Å². The van der Waals surface area contributed by atoms with Crippen LogP contribution in [0.4, 0.5) is 5.69 Å². The first-order valence-electron chi connectivity index (χ1n) is 5.87. The van der Waals surface area contributed by atoms with Crippen LogP contribution in [0, 0.1) is 6.92 Å². The van der Waals surface area contributed by atoms with E-state index >= 15 is 0 Å². The van der Waals surface area contributed by atoms with E-state index in [2.05, 4.69) is 26.6 Å². The van der Waals surface area contributed by atoms with Gasteiger partial charge in [0.1, 0.15) is 0 Å². The predicted molar refractivity (Wildman–Crippen MR) is 79.1 cm³/mol. The van der Waals surface area contributed by atoms with Gasteiger partial charge in [0, 0.05) is 17.2 Å². The lowest BCUT2D eigenvalue weighted by atomic mass is 10.2. The van der Waals surface area contributed by atoms with Crippen LogP contribution in [0.1, 0.15) is 5.56 Å². The number of carbonyl (C=O) groups is 2. The number of nitrogens with zero attached hydrogens (tertiary/aromatic N) is 1. The minimum absolute atomic E-state index is 0.116. The summed E-state index contributed by atoms with van der Waals surface area (Å²) in [5, 5.41) is 5.31. The Labute approximate surface area is 121 Å². The lowest BCUT2D eigenvalue weighted by Gasteiger charge is -2.15. The minimum Gasteiger partial charge on any atom is -0.358 e. The molecular weight excluding hydrogens is 310 g/mol. The highest BCUT2D eigenvalue weighted by molar-refractivity contribution is 9.10. The average molecular weight is 328 g/mol. The van der Waals surface area contributed by atoms with E-state index in [1.54, 1.807) is 19.0 Å². The van der Waals surface area contributed by atoms with E-state index in [-0.39, 0.29) is 24.9 Å². The molecule has 0 spiro atoms. The second kappa shape index (κ2) is 7.25. The summed E-state index contributed by atoms with van der Waals surface area (Å²) >= 11 is 3.41. The molecule has 0 unspecified atom stereocenters. The van der Waals surface area contributed by atoms with Gasteiger partial charge in [0.15, 0.2) is 0 Å². The summed E-state index contributed by atoms with van der Waals surface area (Å²) in [4.78, 5) is 24.6. The van der Waals surface area contributed by atoms with Gasteiger partial charge >= 0.3 is 0 Å². The van der Waals surface area contributed by atoms with Crippen molar-refractivity contribution in [3.05, 3.63) is 28.2 Å². The molecule has 1 rings (SSSR count). The van der Waals surface area contributed by atoms with Gasteiger partial charge < -0.3 is 10.6 Å². The fourth-order valence-electron chi connectivity index (χ4n) is 1.55. The van der Waals surface area contributed by atoms with E-state index in [1.807, 2.05) is 25.1 Å². The number of aryl methyl sites for hydroxylation is 1. The lowest BCUT2D eigenvalue weighted by Crippen LogP contribution is -2.37. The van der Waals surface area contributed by atoms with Crippen LogP contribution >= 0.6 is 15.9 Å². The zero-order chi connectivity index (χ0) is 14.4. The molecule has 2 amide bonds. The summed E-state index contributed by atoms with van der Waals surface area (Å²) < 4.78 is 1.00. The van der Waals surface area contributed by atoms with Crippen molar-refractivity contribution in [1.29, 1.82) is 0 Å². The first-order chi connectivity index (χ1) is 8.92. The Hall–Kier alpha value is -1.40. The number of likely N-dealkylation sites (N-methyl/N-ethyl adjacent to an activating group) is 2. The van der Waals surface area contributed by atoms with Crippen LogP contribution in [0.25, 0.3) is 0 Å². The SMILES string of the molecule is CNC(=O)CN(C)CC(=O)Nc1ccc(Br)c(C)c1. The highest BCUT2D eigenvalue weighted by atomic mass is 79.9. The largest absolute Gasteiger partial charge is 0.358 e. The number of nitrogens with one attached hydrogen (secondary N) is 2. The Morgan fingerprint density at radius 3 is 2.47 bits per heavy atom.